The molecule has 0 saturated heterocycles. The minimum atomic E-state index is 0.331. The van der Waals surface area contributed by atoms with E-state index in [4.69, 9.17) is 11.6 Å². The van der Waals surface area contributed by atoms with Crippen LogP contribution in [0.25, 0.3) is 0 Å². The van der Waals surface area contributed by atoms with Crippen molar-refractivity contribution in [1.82, 2.24) is 9.80 Å². The SMILES string of the molecule is C=C1CC(Cl)CCC1CN(C)CCCN(C)C. The first-order chi connectivity index (χ1) is 7.99. The van der Waals surface area contributed by atoms with Crippen LogP contribution in [0.15, 0.2) is 12.2 Å². The van der Waals surface area contributed by atoms with Crippen molar-refractivity contribution in [1.29, 1.82) is 0 Å². The lowest BCUT2D eigenvalue weighted by Gasteiger charge is -2.31. The minimum Gasteiger partial charge on any atom is -0.309 e. The Morgan fingerprint density at radius 1 is 1.24 bits per heavy atom. The number of alkyl halides is 1. The number of halogens is 1. The van der Waals surface area contributed by atoms with Gasteiger partial charge in [-0.15, -0.1) is 11.6 Å². The Bertz CT molecular complexity index is 240. The van der Waals surface area contributed by atoms with Gasteiger partial charge in [-0.3, -0.25) is 0 Å². The molecule has 1 fully saturated rings. The van der Waals surface area contributed by atoms with Crippen molar-refractivity contribution in [3.05, 3.63) is 12.2 Å². The Morgan fingerprint density at radius 2 is 1.94 bits per heavy atom. The molecule has 0 aromatic carbocycles. The van der Waals surface area contributed by atoms with Crippen LogP contribution in [0.5, 0.6) is 0 Å². The second-order valence-corrected chi connectivity index (χ2v) is 6.27. The molecule has 2 atom stereocenters. The molecule has 1 aliphatic carbocycles. The molecule has 0 aromatic rings. The van der Waals surface area contributed by atoms with E-state index in [0.717, 1.165) is 19.4 Å². The van der Waals surface area contributed by atoms with Crippen LogP contribution in [0.1, 0.15) is 25.7 Å². The fraction of sp³-hybridized carbons (Fsp3) is 0.857. The number of nitrogens with zero attached hydrogens (tertiary/aromatic N) is 2. The molecule has 100 valence electrons. The molecule has 1 aliphatic rings. The Labute approximate surface area is 112 Å². The third kappa shape index (κ3) is 5.89. The summed E-state index contributed by atoms with van der Waals surface area (Å²) >= 11 is 6.15. The molecule has 17 heavy (non-hydrogen) atoms. The molecule has 2 nitrogen and oxygen atoms in total. The van der Waals surface area contributed by atoms with Gasteiger partial charge >= 0.3 is 0 Å². The largest absolute Gasteiger partial charge is 0.309 e. The van der Waals surface area contributed by atoms with Crippen molar-refractivity contribution >= 4 is 11.6 Å². The zero-order chi connectivity index (χ0) is 12.8. The minimum absolute atomic E-state index is 0.331. The van der Waals surface area contributed by atoms with Crippen LogP contribution in [-0.4, -0.2) is 56.0 Å². The van der Waals surface area contributed by atoms with Crippen LogP contribution in [0, 0.1) is 5.92 Å². The van der Waals surface area contributed by atoms with Gasteiger partial charge in [0, 0.05) is 11.9 Å². The molecule has 0 aromatic heterocycles. The molecule has 0 bridgehead atoms. The van der Waals surface area contributed by atoms with E-state index in [1.165, 1.54) is 31.5 Å². The van der Waals surface area contributed by atoms with Gasteiger partial charge in [-0.2, -0.15) is 0 Å². The van der Waals surface area contributed by atoms with Crippen LogP contribution in [0.3, 0.4) is 0 Å². The molecule has 1 saturated carbocycles. The zero-order valence-electron chi connectivity index (χ0n) is 11.6. The van der Waals surface area contributed by atoms with E-state index in [-0.39, 0.29) is 0 Å². The Balaban J connectivity index is 2.21. The van der Waals surface area contributed by atoms with E-state index < -0.39 is 0 Å². The second kappa shape index (κ2) is 7.40. The summed E-state index contributed by atoms with van der Waals surface area (Å²) in [6.07, 6.45) is 4.61. The van der Waals surface area contributed by atoms with Gasteiger partial charge in [-0.05, 0) is 65.8 Å². The fourth-order valence-electron chi connectivity index (χ4n) is 2.48. The average molecular weight is 259 g/mol. The van der Waals surface area contributed by atoms with Crippen molar-refractivity contribution in [2.24, 2.45) is 5.92 Å². The van der Waals surface area contributed by atoms with Crippen LogP contribution >= 0.6 is 11.6 Å². The molecular weight excluding hydrogens is 232 g/mol. The number of rotatable bonds is 6. The summed E-state index contributed by atoms with van der Waals surface area (Å²) in [7, 11) is 6.48. The predicted molar refractivity (Wildman–Crippen MR) is 76.8 cm³/mol. The predicted octanol–water partition coefficient (Wildman–Crippen LogP) is 2.83. The van der Waals surface area contributed by atoms with Crippen LogP contribution in [0.4, 0.5) is 0 Å². The van der Waals surface area contributed by atoms with Crippen molar-refractivity contribution in [3.8, 4) is 0 Å². The van der Waals surface area contributed by atoms with E-state index in [1.807, 2.05) is 0 Å². The van der Waals surface area contributed by atoms with Crippen molar-refractivity contribution in [2.75, 3.05) is 40.8 Å². The van der Waals surface area contributed by atoms with E-state index in [2.05, 4.69) is 37.5 Å². The van der Waals surface area contributed by atoms with Crippen LogP contribution in [-0.2, 0) is 0 Å². The Kier molecular flexibility index (Phi) is 6.53. The summed E-state index contributed by atoms with van der Waals surface area (Å²) in [5, 5.41) is 0.331. The van der Waals surface area contributed by atoms with Gasteiger partial charge in [-0.1, -0.05) is 12.2 Å². The summed E-state index contributed by atoms with van der Waals surface area (Å²) < 4.78 is 0. The third-order valence-corrected chi connectivity index (χ3v) is 3.94. The number of hydrogen-bond donors (Lipinski definition) is 0. The Hall–Kier alpha value is -0.0500. The highest BCUT2D eigenvalue weighted by molar-refractivity contribution is 6.20. The zero-order valence-corrected chi connectivity index (χ0v) is 12.3. The monoisotopic (exact) mass is 258 g/mol. The maximum absolute atomic E-state index is 6.15. The maximum Gasteiger partial charge on any atom is 0.0373 e. The lowest BCUT2D eigenvalue weighted by atomic mass is 9.84. The van der Waals surface area contributed by atoms with E-state index in [9.17, 15) is 0 Å². The molecular formula is C14H27ClN2. The number of hydrogen-bond acceptors (Lipinski definition) is 2. The van der Waals surface area contributed by atoms with Crippen LogP contribution in [0.2, 0.25) is 0 Å². The molecule has 1 rings (SSSR count). The van der Waals surface area contributed by atoms with Crippen molar-refractivity contribution in [2.45, 2.75) is 31.1 Å². The molecule has 0 radical (unpaired) electrons. The topological polar surface area (TPSA) is 6.48 Å². The first kappa shape index (κ1) is 15.0. The maximum atomic E-state index is 6.15. The summed E-state index contributed by atoms with van der Waals surface area (Å²) in [6.45, 7) is 7.68. The van der Waals surface area contributed by atoms with E-state index >= 15 is 0 Å². The molecule has 0 N–H and O–H groups in total. The highest BCUT2D eigenvalue weighted by Crippen LogP contribution is 2.31. The summed E-state index contributed by atoms with van der Waals surface area (Å²) in [6, 6.07) is 0. The van der Waals surface area contributed by atoms with Crippen molar-refractivity contribution in [3.63, 3.8) is 0 Å². The van der Waals surface area contributed by atoms with E-state index in [1.54, 1.807) is 0 Å². The molecule has 2 unspecified atom stereocenters. The quantitative estimate of drug-likeness (QED) is 0.534. The molecule has 0 heterocycles. The second-order valence-electron chi connectivity index (χ2n) is 5.65. The van der Waals surface area contributed by atoms with Gasteiger partial charge in [0.2, 0.25) is 0 Å². The third-order valence-electron chi connectivity index (χ3n) is 3.57. The average Bonchev–Trinajstić information content (AvgIpc) is 2.21. The lowest BCUT2D eigenvalue weighted by molar-refractivity contribution is 0.256. The van der Waals surface area contributed by atoms with E-state index in [0.29, 0.717) is 11.3 Å². The first-order valence-corrected chi connectivity index (χ1v) is 7.07. The molecule has 0 amide bonds. The first-order valence-electron chi connectivity index (χ1n) is 6.64. The highest BCUT2D eigenvalue weighted by Gasteiger charge is 2.23. The smallest absolute Gasteiger partial charge is 0.0373 e. The Morgan fingerprint density at radius 3 is 2.53 bits per heavy atom. The standard InChI is InChI=1S/C14H27ClN2/c1-12-10-14(15)7-6-13(12)11-17(4)9-5-8-16(2)3/h13-14H,1,5-11H2,2-4H3. The van der Waals surface area contributed by atoms with Gasteiger partial charge in [-0.25, -0.2) is 0 Å². The summed E-state index contributed by atoms with van der Waals surface area (Å²) in [5.74, 6) is 0.661. The lowest BCUT2D eigenvalue weighted by Crippen LogP contribution is -2.31. The van der Waals surface area contributed by atoms with Crippen LogP contribution < -0.4 is 0 Å². The van der Waals surface area contributed by atoms with Gasteiger partial charge in [0.25, 0.3) is 0 Å². The van der Waals surface area contributed by atoms with Gasteiger partial charge in [0.15, 0.2) is 0 Å². The van der Waals surface area contributed by atoms with Gasteiger partial charge < -0.3 is 9.80 Å². The molecule has 0 spiro atoms. The normalized spacial score (nSPS) is 25.9. The highest BCUT2D eigenvalue weighted by atomic mass is 35.5. The summed E-state index contributed by atoms with van der Waals surface area (Å²) in [5.41, 5.74) is 1.36. The van der Waals surface area contributed by atoms with Gasteiger partial charge in [0.1, 0.15) is 0 Å². The fourth-order valence-corrected chi connectivity index (χ4v) is 2.81. The van der Waals surface area contributed by atoms with Gasteiger partial charge in [0.05, 0.1) is 0 Å². The van der Waals surface area contributed by atoms with Crippen molar-refractivity contribution < 1.29 is 0 Å². The molecule has 3 heteroatoms. The summed E-state index contributed by atoms with van der Waals surface area (Å²) in [4.78, 5) is 4.68. The molecule has 0 aliphatic heterocycles.